The summed E-state index contributed by atoms with van der Waals surface area (Å²) in [6.07, 6.45) is 3.93. The lowest BCUT2D eigenvalue weighted by molar-refractivity contribution is 0.156. The van der Waals surface area contributed by atoms with Crippen molar-refractivity contribution in [2.24, 2.45) is 5.41 Å². The molecule has 0 radical (unpaired) electrons. The van der Waals surface area contributed by atoms with E-state index in [-0.39, 0.29) is 5.82 Å². The van der Waals surface area contributed by atoms with Crippen molar-refractivity contribution in [2.75, 3.05) is 6.54 Å². The molecule has 1 aliphatic carbocycles. The fourth-order valence-electron chi connectivity index (χ4n) is 2.12. The summed E-state index contributed by atoms with van der Waals surface area (Å²) in [5.41, 5.74) is 1.19. The average Bonchev–Trinajstić information content (AvgIpc) is 2.19. The van der Waals surface area contributed by atoms with Crippen molar-refractivity contribution >= 4 is 15.9 Å². The molecule has 0 aliphatic heterocycles. The third-order valence-corrected chi connectivity index (χ3v) is 3.94. The van der Waals surface area contributed by atoms with Gasteiger partial charge in [0.15, 0.2) is 0 Å². The number of rotatable bonds is 4. The number of hydrogen-bond acceptors (Lipinski definition) is 1. The third kappa shape index (κ3) is 2.83. The average molecular weight is 286 g/mol. The van der Waals surface area contributed by atoms with E-state index in [4.69, 9.17) is 0 Å². The van der Waals surface area contributed by atoms with Crippen molar-refractivity contribution in [1.82, 2.24) is 5.32 Å². The molecule has 1 N–H and O–H groups in total. The highest BCUT2D eigenvalue weighted by atomic mass is 79.9. The Labute approximate surface area is 105 Å². The second-order valence-corrected chi connectivity index (χ2v) is 5.92. The van der Waals surface area contributed by atoms with Gasteiger partial charge in [0.25, 0.3) is 0 Å². The second kappa shape index (κ2) is 4.84. The van der Waals surface area contributed by atoms with Crippen LogP contribution in [-0.4, -0.2) is 6.54 Å². The lowest BCUT2D eigenvalue weighted by Crippen LogP contribution is -2.37. The summed E-state index contributed by atoms with van der Waals surface area (Å²) in [7, 11) is 0. The van der Waals surface area contributed by atoms with Gasteiger partial charge in [0, 0.05) is 23.1 Å². The molecule has 0 atom stereocenters. The quantitative estimate of drug-likeness (QED) is 0.886. The molecule has 1 aliphatic rings. The fourth-order valence-corrected chi connectivity index (χ4v) is 2.45. The van der Waals surface area contributed by atoms with E-state index < -0.39 is 0 Å². The van der Waals surface area contributed by atoms with Gasteiger partial charge in [-0.3, -0.25) is 0 Å². The normalized spacial score (nSPS) is 18.2. The first kappa shape index (κ1) is 12.1. The predicted molar refractivity (Wildman–Crippen MR) is 67.8 cm³/mol. The summed E-state index contributed by atoms with van der Waals surface area (Å²) in [5.74, 6) is -0.138. The molecule has 1 aromatic rings. The molecule has 0 aromatic heterocycles. The lowest BCUT2D eigenvalue weighted by atomic mass is 9.70. The number of hydrogen-bond donors (Lipinski definition) is 1. The van der Waals surface area contributed by atoms with E-state index in [9.17, 15) is 4.39 Å². The van der Waals surface area contributed by atoms with Crippen LogP contribution in [0, 0.1) is 11.2 Å². The van der Waals surface area contributed by atoms with Gasteiger partial charge in [-0.25, -0.2) is 4.39 Å². The topological polar surface area (TPSA) is 12.0 Å². The Bertz CT molecular complexity index is 374. The van der Waals surface area contributed by atoms with Crippen LogP contribution in [0.2, 0.25) is 0 Å². The van der Waals surface area contributed by atoms with Crippen molar-refractivity contribution in [3.05, 3.63) is 34.1 Å². The van der Waals surface area contributed by atoms with Crippen LogP contribution in [0.4, 0.5) is 4.39 Å². The SMILES string of the molecule is CC1(CNCc2ccc(Br)cc2F)CCC1. The summed E-state index contributed by atoms with van der Waals surface area (Å²) in [6.45, 7) is 3.90. The van der Waals surface area contributed by atoms with E-state index in [1.54, 1.807) is 0 Å². The zero-order valence-electron chi connectivity index (χ0n) is 9.52. The largest absolute Gasteiger partial charge is 0.312 e. The molecule has 0 spiro atoms. The molecular weight excluding hydrogens is 269 g/mol. The van der Waals surface area contributed by atoms with Crippen LogP contribution in [0.3, 0.4) is 0 Å². The Morgan fingerprint density at radius 1 is 1.44 bits per heavy atom. The smallest absolute Gasteiger partial charge is 0.128 e. The molecule has 0 unspecified atom stereocenters. The van der Waals surface area contributed by atoms with E-state index in [0.717, 1.165) is 16.6 Å². The van der Waals surface area contributed by atoms with Crippen LogP contribution in [-0.2, 0) is 6.54 Å². The van der Waals surface area contributed by atoms with E-state index in [1.807, 2.05) is 12.1 Å². The van der Waals surface area contributed by atoms with Crippen LogP contribution in [0.5, 0.6) is 0 Å². The summed E-state index contributed by atoms with van der Waals surface area (Å²) < 4.78 is 14.3. The summed E-state index contributed by atoms with van der Waals surface area (Å²) in [6, 6.07) is 5.22. The van der Waals surface area contributed by atoms with Crippen LogP contribution >= 0.6 is 15.9 Å². The van der Waals surface area contributed by atoms with E-state index in [0.29, 0.717) is 12.0 Å². The molecule has 1 saturated carbocycles. The molecule has 0 saturated heterocycles. The molecule has 16 heavy (non-hydrogen) atoms. The van der Waals surface area contributed by atoms with E-state index in [1.165, 1.54) is 25.3 Å². The van der Waals surface area contributed by atoms with Crippen molar-refractivity contribution in [1.29, 1.82) is 0 Å². The van der Waals surface area contributed by atoms with Crippen molar-refractivity contribution in [3.63, 3.8) is 0 Å². The Morgan fingerprint density at radius 2 is 2.19 bits per heavy atom. The number of benzene rings is 1. The summed E-state index contributed by atoms with van der Waals surface area (Å²) in [4.78, 5) is 0. The van der Waals surface area contributed by atoms with E-state index in [2.05, 4.69) is 28.2 Å². The Kier molecular flexibility index (Phi) is 3.65. The Balaban J connectivity index is 1.85. The molecule has 88 valence electrons. The summed E-state index contributed by atoms with van der Waals surface area (Å²) >= 11 is 3.26. The maximum Gasteiger partial charge on any atom is 0.128 e. The molecule has 1 nitrogen and oxygen atoms in total. The minimum absolute atomic E-state index is 0.138. The Hall–Kier alpha value is -0.410. The first-order chi connectivity index (χ1) is 7.59. The molecule has 0 bridgehead atoms. The standard InChI is InChI=1S/C13H17BrFN/c1-13(5-2-6-13)9-16-8-10-3-4-11(14)7-12(10)15/h3-4,7,16H,2,5-6,8-9H2,1H3. The monoisotopic (exact) mass is 285 g/mol. The maximum atomic E-state index is 13.5. The second-order valence-electron chi connectivity index (χ2n) is 5.00. The van der Waals surface area contributed by atoms with Crippen molar-refractivity contribution < 1.29 is 4.39 Å². The third-order valence-electron chi connectivity index (χ3n) is 3.44. The maximum absolute atomic E-state index is 13.5. The van der Waals surface area contributed by atoms with E-state index >= 15 is 0 Å². The van der Waals surface area contributed by atoms with Gasteiger partial charge in [-0.15, -0.1) is 0 Å². The minimum Gasteiger partial charge on any atom is -0.312 e. The summed E-state index contributed by atoms with van der Waals surface area (Å²) in [5, 5.41) is 3.35. The van der Waals surface area contributed by atoms with Gasteiger partial charge in [-0.2, -0.15) is 0 Å². The number of nitrogens with one attached hydrogen (secondary N) is 1. The zero-order chi connectivity index (χ0) is 11.6. The highest BCUT2D eigenvalue weighted by Gasteiger charge is 2.30. The van der Waals surface area contributed by atoms with Gasteiger partial charge in [-0.1, -0.05) is 35.3 Å². The molecule has 3 heteroatoms. The van der Waals surface area contributed by atoms with Crippen molar-refractivity contribution in [3.8, 4) is 0 Å². The first-order valence-corrected chi connectivity index (χ1v) is 6.53. The Morgan fingerprint density at radius 3 is 2.75 bits per heavy atom. The zero-order valence-corrected chi connectivity index (χ0v) is 11.1. The highest BCUT2D eigenvalue weighted by molar-refractivity contribution is 9.10. The van der Waals surface area contributed by atoms with Crippen LogP contribution in [0.1, 0.15) is 31.7 Å². The van der Waals surface area contributed by atoms with Gasteiger partial charge in [0.05, 0.1) is 0 Å². The lowest BCUT2D eigenvalue weighted by Gasteiger charge is -2.38. The highest BCUT2D eigenvalue weighted by Crippen LogP contribution is 2.39. The molecule has 2 rings (SSSR count). The number of halogens is 2. The van der Waals surface area contributed by atoms with Crippen molar-refractivity contribution in [2.45, 2.75) is 32.7 Å². The molecule has 0 amide bonds. The van der Waals surface area contributed by atoms with Gasteiger partial charge < -0.3 is 5.32 Å². The van der Waals surface area contributed by atoms with Crippen LogP contribution in [0.25, 0.3) is 0 Å². The first-order valence-electron chi connectivity index (χ1n) is 5.74. The van der Waals surface area contributed by atoms with Gasteiger partial charge in [0.2, 0.25) is 0 Å². The fraction of sp³-hybridized carbons (Fsp3) is 0.538. The van der Waals surface area contributed by atoms with Gasteiger partial charge in [0.1, 0.15) is 5.82 Å². The molecule has 0 heterocycles. The van der Waals surface area contributed by atoms with Gasteiger partial charge in [-0.05, 0) is 30.4 Å². The van der Waals surface area contributed by atoms with Crippen LogP contribution < -0.4 is 5.32 Å². The predicted octanol–water partition coefficient (Wildman–Crippen LogP) is 3.87. The van der Waals surface area contributed by atoms with Gasteiger partial charge >= 0.3 is 0 Å². The van der Waals surface area contributed by atoms with Crippen LogP contribution in [0.15, 0.2) is 22.7 Å². The minimum atomic E-state index is -0.138. The molecule has 1 aromatic carbocycles. The molecule has 1 fully saturated rings. The molecular formula is C13H17BrFN.